The van der Waals surface area contributed by atoms with Crippen molar-refractivity contribution in [1.82, 2.24) is 9.88 Å². The van der Waals surface area contributed by atoms with Crippen LogP contribution < -0.4 is 14.8 Å². The van der Waals surface area contributed by atoms with Gasteiger partial charge < -0.3 is 24.4 Å². The largest absolute Gasteiger partial charge is 0.493 e. The first kappa shape index (κ1) is 21.2. The number of pyridine rings is 1. The Hall–Kier alpha value is -2.05. The van der Waals surface area contributed by atoms with Crippen molar-refractivity contribution in [2.75, 3.05) is 58.9 Å². The molecule has 2 aliphatic rings. The maximum atomic E-state index is 6.14. The van der Waals surface area contributed by atoms with Crippen molar-refractivity contribution in [1.29, 1.82) is 0 Å². The molecule has 0 amide bonds. The van der Waals surface area contributed by atoms with Crippen LogP contribution in [-0.4, -0.2) is 63.5 Å². The molecule has 4 rings (SSSR count). The summed E-state index contributed by atoms with van der Waals surface area (Å²) in [5, 5.41) is 4.78. The van der Waals surface area contributed by atoms with Gasteiger partial charge in [-0.25, -0.2) is 0 Å². The lowest BCUT2D eigenvalue weighted by atomic mass is 10.1. The van der Waals surface area contributed by atoms with Crippen molar-refractivity contribution < 1.29 is 14.2 Å². The monoisotopic (exact) mass is 413 g/mol. The van der Waals surface area contributed by atoms with E-state index in [1.807, 2.05) is 0 Å². The summed E-state index contributed by atoms with van der Waals surface area (Å²) >= 11 is 0. The third-order valence-electron chi connectivity index (χ3n) is 6.20. The number of aryl methyl sites for hydroxylation is 1. The summed E-state index contributed by atoms with van der Waals surface area (Å²) in [7, 11) is 3.46. The molecule has 0 atom stereocenters. The van der Waals surface area contributed by atoms with Gasteiger partial charge in [0.05, 0.1) is 19.2 Å². The molecule has 1 aliphatic carbocycles. The van der Waals surface area contributed by atoms with Crippen molar-refractivity contribution in [2.24, 2.45) is 0 Å². The Morgan fingerprint density at radius 1 is 1.00 bits per heavy atom. The molecule has 2 aromatic rings. The van der Waals surface area contributed by atoms with Crippen LogP contribution in [-0.2, 0) is 17.6 Å². The van der Waals surface area contributed by atoms with Crippen molar-refractivity contribution >= 4 is 16.6 Å². The van der Waals surface area contributed by atoms with Gasteiger partial charge in [0.25, 0.3) is 0 Å². The highest BCUT2D eigenvalue weighted by Gasteiger charge is 2.21. The first-order valence-electron chi connectivity index (χ1n) is 11.4. The molecule has 30 heavy (non-hydrogen) atoms. The summed E-state index contributed by atoms with van der Waals surface area (Å²) in [4.78, 5) is 7.50. The Morgan fingerprint density at radius 2 is 1.87 bits per heavy atom. The summed E-state index contributed by atoms with van der Waals surface area (Å²) in [6.45, 7) is 5.92. The van der Waals surface area contributed by atoms with Crippen LogP contribution in [0.4, 0.5) is 5.69 Å². The van der Waals surface area contributed by atoms with E-state index in [9.17, 15) is 0 Å². The summed E-state index contributed by atoms with van der Waals surface area (Å²) in [5.41, 5.74) is 4.78. The molecule has 0 saturated carbocycles. The fourth-order valence-electron chi connectivity index (χ4n) is 4.65. The average molecular weight is 414 g/mol. The number of methoxy groups -OCH3 is 2. The van der Waals surface area contributed by atoms with Gasteiger partial charge in [-0.1, -0.05) is 0 Å². The standard InChI is InChI=1S/C24H35N3O3/c1-28-14-6-10-25-24-18-8-5-9-20(18)26-21-17-23(22(29-2)16-19(21)24)30-15-7-13-27-11-3-4-12-27/h16-17H,3-15H2,1-2H3,(H,25,26). The van der Waals surface area contributed by atoms with Gasteiger partial charge in [-0.15, -0.1) is 0 Å². The zero-order valence-corrected chi connectivity index (χ0v) is 18.5. The lowest BCUT2D eigenvalue weighted by molar-refractivity contribution is 0.198. The lowest BCUT2D eigenvalue weighted by Gasteiger charge is -2.18. The van der Waals surface area contributed by atoms with Crippen LogP contribution in [0.2, 0.25) is 0 Å². The van der Waals surface area contributed by atoms with E-state index in [4.69, 9.17) is 19.2 Å². The molecule has 1 aromatic heterocycles. The lowest BCUT2D eigenvalue weighted by Crippen LogP contribution is -2.21. The number of hydrogen-bond donors (Lipinski definition) is 1. The van der Waals surface area contributed by atoms with E-state index in [-0.39, 0.29) is 0 Å². The van der Waals surface area contributed by atoms with Gasteiger partial charge in [0, 0.05) is 49.6 Å². The number of hydrogen-bond acceptors (Lipinski definition) is 6. The molecule has 0 spiro atoms. The number of nitrogens with zero attached hydrogens (tertiary/aromatic N) is 2. The van der Waals surface area contributed by atoms with Crippen molar-refractivity contribution in [2.45, 2.75) is 44.9 Å². The zero-order valence-electron chi connectivity index (χ0n) is 18.5. The first-order valence-corrected chi connectivity index (χ1v) is 11.4. The molecule has 0 unspecified atom stereocenters. The smallest absolute Gasteiger partial charge is 0.163 e. The Morgan fingerprint density at radius 3 is 2.67 bits per heavy atom. The molecule has 0 bridgehead atoms. The number of nitrogens with one attached hydrogen (secondary N) is 1. The number of anilines is 1. The minimum absolute atomic E-state index is 0.700. The predicted octanol–water partition coefficient (Wildman–Crippen LogP) is 4.05. The van der Waals surface area contributed by atoms with Crippen molar-refractivity contribution in [3.05, 3.63) is 23.4 Å². The number of ether oxygens (including phenoxy) is 3. The van der Waals surface area contributed by atoms with E-state index in [0.29, 0.717) is 6.61 Å². The topological polar surface area (TPSA) is 55.8 Å². The molecule has 2 heterocycles. The predicted molar refractivity (Wildman–Crippen MR) is 121 cm³/mol. The second kappa shape index (κ2) is 10.3. The maximum absolute atomic E-state index is 6.14. The summed E-state index contributed by atoms with van der Waals surface area (Å²) in [6.07, 6.45) is 7.98. The molecular formula is C24H35N3O3. The summed E-state index contributed by atoms with van der Waals surface area (Å²) in [5.74, 6) is 1.57. The number of aromatic nitrogens is 1. The third-order valence-corrected chi connectivity index (χ3v) is 6.20. The van der Waals surface area contributed by atoms with Gasteiger partial charge in [-0.05, 0) is 69.7 Å². The number of benzene rings is 1. The molecule has 1 aliphatic heterocycles. The van der Waals surface area contributed by atoms with Crippen LogP contribution in [0.25, 0.3) is 10.9 Å². The van der Waals surface area contributed by atoms with Crippen LogP contribution in [0.3, 0.4) is 0 Å². The second-order valence-electron chi connectivity index (χ2n) is 8.31. The van der Waals surface area contributed by atoms with Gasteiger partial charge in [-0.3, -0.25) is 4.98 Å². The van der Waals surface area contributed by atoms with Crippen LogP contribution in [0.15, 0.2) is 12.1 Å². The highest BCUT2D eigenvalue weighted by atomic mass is 16.5. The molecule has 0 radical (unpaired) electrons. The molecule has 1 aromatic carbocycles. The molecule has 6 nitrogen and oxygen atoms in total. The number of rotatable bonds is 11. The van der Waals surface area contributed by atoms with Crippen LogP contribution in [0.1, 0.15) is 43.4 Å². The quantitative estimate of drug-likeness (QED) is 0.561. The summed E-state index contributed by atoms with van der Waals surface area (Å²) < 4.78 is 17.0. The van der Waals surface area contributed by atoms with E-state index in [0.717, 1.165) is 67.8 Å². The Bertz CT molecular complexity index is 849. The number of fused-ring (bicyclic) bond motifs is 2. The molecule has 1 N–H and O–H groups in total. The Kier molecular flexibility index (Phi) is 7.28. The van der Waals surface area contributed by atoms with Crippen molar-refractivity contribution in [3.8, 4) is 11.5 Å². The van der Waals surface area contributed by atoms with Gasteiger partial charge >= 0.3 is 0 Å². The SMILES string of the molecule is COCCCNc1c2c(nc3cc(OCCCN4CCCC4)c(OC)cc13)CCC2. The van der Waals surface area contributed by atoms with Gasteiger partial charge in [-0.2, -0.15) is 0 Å². The number of likely N-dealkylation sites (tertiary alicyclic amines) is 1. The fourth-order valence-corrected chi connectivity index (χ4v) is 4.65. The van der Waals surface area contributed by atoms with Gasteiger partial charge in [0.1, 0.15) is 0 Å². The van der Waals surface area contributed by atoms with E-state index in [1.165, 1.54) is 49.3 Å². The third kappa shape index (κ3) is 4.81. The van der Waals surface area contributed by atoms with E-state index >= 15 is 0 Å². The van der Waals surface area contributed by atoms with Crippen molar-refractivity contribution in [3.63, 3.8) is 0 Å². The van der Waals surface area contributed by atoms with Crippen LogP contribution >= 0.6 is 0 Å². The van der Waals surface area contributed by atoms with Crippen LogP contribution in [0, 0.1) is 0 Å². The van der Waals surface area contributed by atoms with Gasteiger partial charge in [0.2, 0.25) is 0 Å². The zero-order chi connectivity index (χ0) is 20.8. The van der Waals surface area contributed by atoms with E-state index in [2.05, 4.69) is 22.3 Å². The minimum atomic E-state index is 0.700. The summed E-state index contributed by atoms with van der Waals surface area (Å²) in [6, 6.07) is 4.15. The first-order chi connectivity index (χ1) is 14.8. The average Bonchev–Trinajstić information content (AvgIpc) is 3.45. The second-order valence-corrected chi connectivity index (χ2v) is 8.31. The van der Waals surface area contributed by atoms with Crippen LogP contribution in [0.5, 0.6) is 11.5 Å². The molecule has 1 fully saturated rings. The highest BCUT2D eigenvalue weighted by Crippen LogP contribution is 2.39. The minimum Gasteiger partial charge on any atom is -0.493 e. The molecule has 1 saturated heterocycles. The molecule has 6 heteroatoms. The highest BCUT2D eigenvalue weighted by molar-refractivity contribution is 5.96. The Labute approximate surface area is 179 Å². The fraction of sp³-hybridized carbons (Fsp3) is 0.625. The van der Waals surface area contributed by atoms with E-state index in [1.54, 1.807) is 14.2 Å². The normalized spacial score (nSPS) is 16.2. The van der Waals surface area contributed by atoms with E-state index < -0.39 is 0 Å². The molecule has 164 valence electrons. The van der Waals surface area contributed by atoms with Gasteiger partial charge in [0.15, 0.2) is 11.5 Å². The molecular weight excluding hydrogens is 378 g/mol. The maximum Gasteiger partial charge on any atom is 0.163 e. The Balaban J connectivity index is 1.53.